The molecule has 1 saturated heterocycles. The van der Waals surface area contributed by atoms with E-state index in [0.29, 0.717) is 13.0 Å². The van der Waals surface area contributed by atoms with Crippen LogP contribution < -0.4 is 5.32 Å². The molecule has 0 spiro atoms. The lowest BCUT2D eigenvalue weighted by molar-refractivity contribution is -0.167. The number of carbonyl (C=O) groups excluding carboxylic acids is 1. The third-order valence-electron chi connectivity index (χ3n) is 3.03. The fourth-order valence-electron chi connectivity index (χ4n) is 1.96. The normalized spacial score (nSPS) is 23.4. The maximum Gasteiger partial charge on any atom is 0.338 e. The number of carbonyl (C=O) groups is 2. The van der Waals surface area contributed by atoms with Crippen LogP contribution in [0.3, 0.4) is 0 Å². The van der Waals surface area contributed by atoms with E-state index >= 15 is 0 Å². The van der Waals surface area contributed by atoms with Crippen LogP contribution >= 0.6 is 0 Å². The van der Waals surface area contributed by atoms with Gasteiger partial charge in [0.2, 0.25) is 5.54 Å². The molecular formula is C11H19NO5. The second-order valence-corrected chi connectivity index (χ2v) is 4.41. The van der Waals surface area contributed by atoms with Gasteiger partial charge in [-0.1, -0.05) is 13.8 Å². The monoisotopic (exact) mass is 245 g/mol. The Kier molecular flexibility index (Phi) is 4.47. The second-order valence-electron chi connectivity index (χ2n) is 4.41. The van der Waals surface area contributed by atoms with Crippen LogP contribution in [0.4, 0.5) is 0 Å². The van der Waals surface area contributed by atoms with Crippen molar-refractivity contribution < 1.29 is 24.2 Å². The van der Waals surface area contributed by atoms with Crippen LogP contribution in [-0.4, -0.2) is 42.5 Å². The molecule has 1 aliphatic rings. The highest BCUT2D eigenvalue weighted by molar-refractivity contribution is 6.04. The minimum atomic E-state index is -1.75. The summed E-state index contributed by atoms with van der Waals surface area (Å²) >= 11 is 0. The molecular weight excluding hydrogens is 226 g/mol. The van der Waals surface area contributed by atoms with Gasteiger partial charge >= 0.3 is 11.9 Å². The number of nitrogens with one attached hydrogen (secondary N) is 1. The van der Waals surface area contributed by atoms with Gasteiger partial charge in [0.25, 0.3) is 0 Å². The van der Waals surface area contributed by atoms with Crippen LogP contribution in [0.1, 0.15) is 26.7 Å². The van der Waals surface area contributed by atoms with Crippen molar-refractivity contribution in [2.24, 2.45) is 5.92 Å². The van der Waals surface area contributed by atoms with Gasteiger partial charge in [0, 0.05) is 6.61 Å². The zero-order chi connectivity index (χ0) is 13.1. The first-order valence-corrected chi connectivity index (χ1v) is 5.66. The smallest absolute Gasteiger partial charge is 0.338 e. The summed E-state index contributed by atoms with van der Waals surface area (Å²) in [5.74, 6) is -2.48. The standard InChI is InChI=1S/C11H19NO5/c1-7(2)11(9(13)14,10(15)16-3)12-8-5-4-6-17-8/h7-8,12H,4-6H2,1-3H3,(H,13,14). The first kappa shape index (κ1) is 13.9. The van der Waals surface area contributed by atoms with E-state index in [-0.39, 0.29) is 0 Å². The van der Waals surface area contributed by atoms with E-state index in [4.69, 9.17) is 4.74 Å². The maximum atomic E-state index is 11.8. The minimum Gasteiger partial charge on any atom is -0.479 e. The molecule has 0 saturated carbocycles. The Hall–Kier alpha value is -1.14. The zero-order valence-corrected chi connectivity index (χ0v) is 10.4. The SMILES string of the molecule is COC(=O)C(NC1CCCO1)(C(=O)O)C(C)C. The van der Waals surface area contributed by atoms with E-state index in [1.807, 2.05) is 0 Å². The lowest BCUT2D eigenvalue weighted by Gasteiger charge is -2.33. The van der Waals surface area contributed by atoms with Gasteiger partial charge in [0.1, 0.15) is 6.23 Å². The van der Waals surface area contributed by atoms with Crippen molar-refractivity contribution >= 4 is 11.9 Å². The molecule has 2 N–H and O–H groups in total. The largest absolute Gasteiger partial charge is 0.479 e. The number of rotatable bonds is 5. The molecule has 2 unspecified atom stereocenters. The van der Waals surface area contributed by atoms with Gasteiger partial charge in [0.05, 0.1) is 7.11 Å². The molecule has 0 radical (unpaired) electrons. The summed E-state index contributed by atoms with van der Waals surface area (Å²) in [6.45, 7) is 3.90. The van der Waals surface area contributed by atoms with Gasteiger partial charge < -0.3 is 14.6 Å². The fraction of sp³-hybridized carbons (Fsp3) is 0.818. The maximum absolute atomic E-state index is 11.8. The molecule has 17 heavy (non-hydrogen) atoms. The Morgan fingerprint density at radius 1 is 1.53 bits per heavy atom. The van der Waals surface area contributed by atoms with Crippen LogP contribution in [0.2, 0.25) is 0 Å². The van der Waals surface area contributed by atoms with E-state index < -0.39 is 29.6 Å². The molecule has 1 aliphatic heterocycles. The van der Waals surface area contributed by atoms with Crippen LogP contribution in [-0.2, 0) is 19.1 Å². The Morgan fingerprint density at radius 2 is 2.18 bits per heavy atom. The van der Waals surface area contributed by atoms with Crippen LogP contribution in [0.5, 0.6) is 0 Å². The summed E-state index contributed by atoms with van der Waals surface area (Å²) in [5.41, 5.74) is -1.75. The first-order valence-electron chi connectivity index (χ1n) is 5.66. The molecule has 0 aromatic carbocycles. The van der Waals surface area contributed by atoms with Gasteiger partial charge in [-0.25, -0.2) is 9.59 Å². The third kappa shape index (κ3) is 2.58. The van der Waals surface area contributed by atoms with Crippen LogP contribution in [0.25, 0.3) is 0 Å². The number of esters is 1. The summed E-state index contributed by atoms with van der Waals surface area (Å²) in [4.78, 5) is 23.2. The number of methoxy groups -OCH3 is 1. The minimum absolute atomic E-state index is 0.410. The fourth-order valence-corrected chi connectivity index (χ4v) is 1.96. The number of carboxylic acids is 1. The Bertz CT molecular complexity index is 298. The summed E-state index contributed by atoms with van der Waals surface area (Å²) < 4.78 is 9.93. The predicted octanol–water partition coefficient (Wildman–Crippen LogP) is 0.365. The highest BCUT2D eigenvalue weighted by Crippen LogP contribution is 2.23. The first-order chi connectivity index (χ1) is 7.95. The van der Waals surface area contributed by atoms with Gasteiger partial charge in [-0.05, 0) is 18.8 Å². The molecule has 0 aliphatic carbocycles. The Balaban J connectivity index is 2.96. The summed E-state index contributed by atoms with van der Waals surface area (Å²) in [6.07, 6.45) is 1.14. The molecule has 1 heterocycles. The summed E-state index contributed by atoms with van der Waals surface area (Å²) in [5, 5.41) is 12.1. The molecule has 0 amide bonds. The number of hydrogen-bond acceptors (Lipinski definition) is 5. The van der Waals surface area contributed by atoms with Crippen molar-refractivity contribution in [3.8, 4) is 0 Å². The number of carboxylic acid groups (broad SMARTS) is 1. The quantitative estimate of drug-likeness (QED) is 0.537. The molecule has 6 nitrogen and oxygen atoms in total. The van der Waals surface area contributed by atoms with Crippen molar-refractivity contribution in [3.63, 3.8) is 0 Å². The number of aliphatic carboxylic acids is 1. The van der Waals surface area contributed by atoms with E-state index in [9.17, 15) is 14.7 Å². The van der Waals surface area contributed by atoms with Crippen molar-refractivity contribution in [2.45, 2.75) is 38.5 Å². The molecule has 6 heteroatoms. The third-order valence-corrected chi connectivity index (χ3v) is 3.03. The van der Waals surface area contributed by atoms with Crippen LogP contribution in [0, 0.1) is 5.92 Å². The Labute approximate surface area is 100 Å². The van der Waals surface area contributed by atoms with E-state index in [1.165, 1.54) is 7.11 Å². The summed E-state index contributed by atoms with van der Waals surface area (Å²) in [6, 6.07) is 0. The second kappa shape index (κ2) is 5.46. The molecule has 1 fully saturated rings. The van der Waals surface area contributed by atoms with Crippen molar-refractivity contribution in [1.29, 1.82) is 0 Å². The topological polar surface area (TPSA) is 84.9 Å². The molecule has 0 aromatic heterocycles. The molecule has 1 rings (SSSR count). The van der Waals surface area contributed by atoms with E-state index in [0.717, 1.165) is 6.42 Å². The van der Waals surface area contributed by atoms with Gasteiger partial charge in [-0.2, -0.15) is 0 Å². The van der Waals surface area contributed by atoms with Gasteiger partial charge in [-0.3, -0.25) is 5.32 Å². The average Bonchev–Trinajstić information content (AvgIpc) is 2.76. The number of ether oxygens (including phenoxy) is 2. The van der Waals surface area contributed by atoms with Gasteiger partial charge in [-0.15, -0.1) is 0 Å². The van der Waals surface area contributed by atoms with Crippen molar-refractivity contribution in [2.75, 3.05) is 13.7 Å². The predicted molar refractivity (Wildman–Crippen MR) is 59.3 cm³/mol. The van der Waals surface area contributed by atoms with E-state index in [1.54, 1.807) is 13.8 Å². The molecule has 0 bridgehead atoms. The van der Waals surface area contributed by atoms with E-state index in [2.05, 4.69) is 10.1 Å². The van der Waals surface area contributed by atoms with Crippen molar-refractivity contribution in [1.82, 2.24) is 5.32 Å². The van der Waals surface area contributed by atoms with Crippen LogP contribution in [0.15, 0.2) is 0 Å². The highest BCUT2D eigenvalue weighted by Gasteiger charge is 2.52. The Morgan fingerprint density at radius 3 is 2.53 bits per heavy atom. The lowest BCUT2D eigenvalue weighted by atomic mass is 9.86. The highest BCUT2D eigenvalue weighted by atomic mass is 16.5. The summed E-state index contributed by atoms with van der Waals surface area (Å²) in [7, 11) is 1.18. The molecule has 98 valence electrons. The average molecular weight is 245 g/mol. The molecule has 2 atom stereocenters. The van der Waals surface area contributed by atoms with Crippen molar-refractivity contribution in [3.05, 3.63) is 0 Å². The molecule has 0 aromatic rings. The zero-order valence-electron chi connectivity index (χ0n) is 10.4. The lowest BCUT2D eigenvalue weighted by Crippen LogP contribution is -2.64. The number of hydrogen-bond donors (Lipinski definition) is 2. The van der Waals surface area contributed by atoms with Gasteiger partial charge in [0.15, 0.2) is 0 Å².